The van der Waals surface area contributed by atoms with Gasteiger partial charge in [0, 0.05) is 22.3 Å². The van der Waals surface area contributed by atoms with Gasteiger partial charge in [0.05, 0.1) is 0 Å². The Morgan fingerprint density at radius 1 is 0.561 bits per heavy atom. The fraction of sp³-hybridized carbons (Fsp3) is 0.333. The molecule has 0 atom stereocenters. The molecule has 1 aliphatic heterocycles. The van der Waals surface area contributed by atoms with Crippen LogP contribution in [0.3, 0.4) is 0 Å². The summed E-state index contributed by atoms with van der Waals surface area (Å²) in [6.45, 7) is 8.37. The second kappa shape index (κ2) is 9.89. The van der Waals surface area contributed by atoms with Crippen LogP contribution in [0.5, 0.6) is 11.5 Å². The highest BCUT2D eigenvalue weighted by molar-refractivity contribution is 7.48. The van der Waals surface area contributed by atoms with Gasteiger partial charge in [-0.1, -0.05) is 58.7 Å². The van der Waals surface area contributed by atoms with Crippen molar-refractivity contribution in [2.24, 2.45) is 0 Å². The van der Waals surface area contributed by atoms with Crippen molar-refractivity contribution in [2.75, 3.05) is 0 Å². The normalized spacial score (nSPS) is 16.8. The number of phosphoric acid groups is 1. The van der Waals surface area contributed by atoms with Gasteiger partial charge >= 0.3 is 7.82 Å². The molecule has 0 spiro atoms. The van der Waals surface area contributed by atoms with Gasteiger partial charge < -0.3 is 9.05 Å². The van der Waals surface area contributed by atoms with E-state index in [2.05, 4.69) is 76.2 Å². The third-order valence-electron chi connectivity index (χ3n) is 8.93. The minimum absolute atomic E-state index is 0.491. The zero-order valence-corrected chi connectivity index (χ0v) is 25.3. The lowest BCUT2D eigenvalue weighted by atomic mass is 9.77. The van der Waals surface area contributed by atoms with Crippen LogP contribution in [0.4, 0.5) is 0 Å². The molecule has 0 unspecified atom stereocenters. The van der Waals surface area contributed by atoms with Gasteiger partial charge in [0.25, 0.3) is 0 Å². The molecular weight excluding hydrogens is 527 g/mol. The Morgan fingerprint density at radius 3 is 1.32 bits per heavy atom. The smallest absolute Gasteiger partial charge is 0.394 e. The molecule has 4 aromatic carbocycles. The molecule has 4 nitrogen and oxygen atoms in total. The molecule has 41 heavy (non-hydrogen) atoms. The monoisotopic (exact) mass is 564 g/mol. The number of rotatable bonds is 2. The number of hydrogen-bond acceptors (Lipinski definition) is 3. The Balaban J connectivity index is 1.64. The average molecular weight is 565 g/mol. The Hall–Kier alpha value is -3.33. The first-order chi connectivity index (χ1) is 19.7. The highest BCUT2D eigenvalue weighted by Crippen LogP contribution is 2.61. The van der Waals surface area contributed by atoms with E-state index >= 15 is 0 Å². The fourth-order valence-electron chi connectivity index (χ4n) is 7.43. The molecule has 1 N–H and O–H groups in total. The van der Waals surface area contributed by atoms with E-state index in [-0.39, 0.29) is 0 Å². The van der Waals surface area contributed by atoms with Gasteiger partial charge in [-0.25, -0.2) is 4.57 Å². The summed E-state index contributed by atoms with van der Waals surface area (Å²) in [7, 11) is -4.51. The molecule has 4 aromatic rings. The molecule has 0 amide bonds. The van der Waals surface area contributed by atoms with E-state index in [9.17, 15) is 9.46 Å². The lowest BCUT2D eigenvalue weighted by molar-refractivity contribution is 0.295. The van der Waals surface area contributed by atoms with Gasteiger partial charge in [0.2, 0.25) is 0 Å². The van der Waals surface area contributed by atoms with Gasteiger partial charge in [-0.05, 0) is 125 Å². The van der Waals surface area contributed by atoms with E-state index in [1.165, 1.54) is 22.3 Å². The van der Waals surface area contributed by atoms with Crippen LogP contribution in [0, 0.1) is 27.7 Å². The SMILES string of the molecule is Cc1cc(C)cc(-c2cc3c(c4c2OP(=O)(O)Oc2c(-c5cc(C)cc(C)c5)cc5c(c2-4)CCCC5)CCCC3)c1. The lowest BCUT2D eigenvalue weighted by Gasteiger charge is -2.28. The van der Waals surface area contributed by atoms with E-state index < -0.39 is 7.82 Å². The van der Waals surface area contributed by atoms with Crippen LogP contribution in [0.25, 0.3) is 33.4 Å². The molecule has 0 fully saturated rings. The summed E-state index contributed by atoms with van der Waals surface area (Å²) in [5, 5.41) is 0. The highest BCUT2D eigenvalue weighted by atomic mass is 31.2. The molecule has 7 rings (SSSR count). The van der Waals surface area contributed by atoms with Crippen LogP contribution in [0.15, 0.2) is 48.5 Å². The summed E-state index contributed by atoms with van der Waals surface area (Å²) in [5.74, 6) is 0.983. The van der Waals surface area contributed by atoms with Crippen LogP contribution in [0.1, 0.15) is 70.2 Å². The third-order valence-corrected chi connectivity index (χ3v) is 9.76. The quantitative estimate of drug-likeness (QED) is 0.246. The van der Waals surface area contributed by atoms with Crippen LogP contribution in [-0.2, 0) is 30.2 Å². The van der Waals surface area contributed by atoms with Crippen LogP contribution < -0.4 is 9.05 Å². The van der Waals surface area contributed by atoms with Crippen LogP contribution >= 0.6 is 7.82 Å². The zero-order chi connectivity index (χ0) is 28.5. The van der Waals surface area contributed by atoms with Crippen molar-refractivity contribution in [2.45, 2.75) is 79.1 Å². The maximum absolute atomic E-state index is 13.9. The molecule has 0 saturated heterocycles. The molecule has 0 radical (unpaired) electrons. The highest BCUT2D eigenvalue weighted by Gasteiger charge is 2.40. The van der Waals surface area contributed by atoms with Crippen molar-refractivity contribution < 1.29 is 18.5 Å². The number of hydrogen-bond donors (Lipinski definition) is 1. The predicted molar refractivity (Wildman–Crippen MR) is 166 cm³/mol. The van der Waals surface area contributed by atoms with E-state index in [1.54, 1.807) is 0 Å². The molecule has 0 aromatic heterocycles. The first kappa shape index (κ1) is 26.6. The first-order valence-electron chi connectivity index (χ1n) is 14.9. The first-order valence-corrected chi connectivity index (χ1v) is 16.4. The minimum atomic E-state index is -4.51. The molecule has 210 valence electrons. The summed E-state index contributed by atoms with van der Waals surface area (Å²) < 4.78 is 26.2. The van der Waals surface area contributed by atoms with Crippen molar-refractivity contribution in [1.29, 1.82) is 0 Å². The summed E-state index contributed by atoms with van der Waals surface area (Å²) in [6, 6.07) is 17.3. The molecule has 5 heteroatoms. The van der Waals surface area contributed by atoms with Crippen molar-refractivity contribution in [3.8, 4) is 44.9 Å². The van der Waals surface area contributed by atoms with Gasteiger partial charge in [-0.2, -0.15) is 0 Å². The lowest BCUT2D eigenvalue weighted by Crippen LogP contribution is -2.10. The second-order valence-electron chi connectivity index (χ2n) is 12.3. The van der Waals surface area contributed by atoms with Gasteiger partial charge in [0.1, 0.15) is 11.5 Å². The average Bonchev–Trinajstić information content (AvgIpc) is 3.04. The summed E-state index contributed by atoms with van der Waals surface area (Å²) in [6.07, 6.45) is 8.29. The Labute approximate surface area is 243 Å². The van der Waals surface area contributed by atoms with Crippen LogP contribution in [0.2, 0.25) is 0 Å². The summed E-state index contributed by atoms with van der Waals surface area (Å²) in [5.41, 5.74) is 15.4. The standard InChI is InChI=1S/C36H37O4P/c1-21-13-22(2)16-27(15-21)31-19-25-9-5-7-11-29(25)33-34-30-12-8-6-10-26(30)20-32(28-17-23(3)14-24(4)18-28)36(34)40-41(37,38)39-35(31)33/h13-20H,5-12H2,1-4H3,(H,37,38). The maximum atomic E-state index is 13.9. The number of phosphoric ester groups is 1. The Kier molecular flexibility index (Phi) is 6.41. The van der Waals surface area contributed by atoms with Gasteiger partial charge in [-0.3, -0.25) is 4.89 Å². The number of aryl methyl sites for hydroxylation is 6. The van der Waals surface area contributed by atoms with Gasteiger partial charge in [0.15, 0.2) is 0 Å². The van der Waals surface area contributed by atoms with Crippen molar-refractivity contribution in [3.05, 3.63) is 93.0 Å². The molecule has 3 aliphatic rings. The van der Waals surface area contributed by atoms with Crippen molar-refractivity contribution in [1.82, 2.24) is 0 Å². The minimum Gasteiger partial charge on any atom is -0.394 e. The Bertz CT molecular complexity index is 1620. The molecule has 0 bridgehead atoms. The van der Waals surface area contributed by atoms with E-state index in [0.717, 1.165) is 107 Å². The van der Waals surface area contributed by atoms with Crippen LogP contribution in [-0.4, -0.2) is 4.89 Å². The topological polar surface area (TPSA) is 55.8 Å². The zero-order valence-electron chi connectivity index (χ0n) is 24.4. The van der Waals surface area contributed by atoms with Crippen molar-refractivity contribution >= 4 is 7.82 Å². The van der Waals surface area contributed by atoms with E-state index in [0.29, 0.717) is 11.5 Å². The van der Waals surface area contributed by atoms with Crippen molar-refractivity contribution in [3.63, 3.8) is 0 Å². The third kappa shape index (κ3) is 4.72. The summed E-state index contributed by atoms with van der Waals surface area (Å²) >= 11 is 0. The predicted octanol–water partition coefficient (Wildman–Crippen LogP) is 9.55. The summed E-state index contributed by atoms with van der Waals surface area (Å²) in [4.78, 5) is 11.3. The van der Waals surface area contributed by atoms with Gasteiger partial charge in [-0.15, -0.1) is 0 Å². The molecule has 1 heterocycles. The molecule has 0 saturated carbocycles. The number of benzene rings is 4. The Morgan fingerprint density at radius 2 is 0.927 bits per heavy atom. The second-order valence-corrected chi connectivity index (χ2v) is 13.7. The van der Waals surface area contributed by atoms with E-state index in [4.69, 9.17) is 9.05 Å². The number of fused-ring (bicyclic) bond motifs is 7. The fourth-order valence-corrected chi connectivity index (χ4v) is 8.31. The molecular formula is C36H37O4P. The molecule has 2 aliphatic carbocycles. The maximum Gasteiger partial charge on any atom is 0.584 e. The van der Waals surface area contributed by atoms with E-state index in [1.807, 2.05) is 0 Å². The largest absolute Gasteiger partial charge is 0.584 e.